The molecule has 3 amide bonds. The second-order valence-corrected chi connectivity index (χ2v) is 7.23. The number of rotatable bonds is 2. The van der Waals surface area contributed by atoms with Crippen molar-refractivity contribution < 1.29 is 9.59 Å². The molecule has 1 aromatic heterocycles. The third kappa shape index (κ3) is 2.35. The number of hydrogen-bond donors (Lipinski definition) is 1. The number of carbonyl (C=O) groups is 2. The fraction of sp³-hybridized carbons (Fsp3) is 0.227. The van der Waals surface area contributed by atoms with Crippen molar-refractivity contribution in [3.63, 3.8) is 0 Å². The molecule has 1 spiro atoms. The van der Waals surface area contributed by atoms with Crippen LogP contribution < -0.4 is 5.32 Å². The van der Waals surface area contributed by atoms with Crippen LogP contribution in [0.2, 0.25) is 0 Å². The molecule has 5 rings (SSSR count). The number of fused-ring (bicyclic) bond motifs is 3. The first-order chi connectivity index (χ1) is 13.2. The van der Waals surface area contributed by atoms with E-state index in [0.717, 1.165) is 40.4 Å². The largest absolute Gasteiger partial charge is 0.325 e. The lowest BCUT2D eigenvalue weighted by Gasteiger charge is -2.33. The van der Waals surface area contributed by atoms with Gasteiger partial charge in [0.2, 0.25) is 0 Å². The van der Waals surface area contributed by atoms with Gasteiger partial charge in [-0.05, 0) is 42.0 Å². The molecule has 1 aliphatic carbocycles. The summed E-state index contributed by atoms with van der Waals surface area (Å²) in [6.07, 6.45) is 4.19. The van der Waals surface area contributed by atoms with Gasteiger partial charge >= 0.3 is 6.03 Å². The van der Waals surface area contributed by atoms with Crippen LogP contribution in [0.15, 0.2) is 60.8 Å². The number of nitrogens with one attached hydrogen (secondary N) is 1. The summed E-state index contributed by atoms with van der Waals surface area (Å²) in [5.41, 5.74) is 2.85. The molecule has 5 heteroatoms. The Balaban J connectivity index is 1.54. The molecule has 1 fully saturated rings. The lowest BCUT2D eigenvalue weighted by Crippen LogP contribution is -2.46. The van der Waals surface area contributed by atoms with Crippen LogP contribution in [0.3, 0.4) is 0 Å². The van der Waals surface area contributed by atoms with E-state index in [2.05, 4.69) is 10.3 Å². The van der Waals surface area contributed by atoms with Crippen molar-refractivity contribution in [2.24, 2.45) is 0 Å². The van der Waals surface area contributed by atoms with Crippen molar-refractivity contribution in [3.05, 3.63) is 77.5 Å². The minimum absolute atomic E-state index is 0.160. The van der Waals surface area contributed by atoms with Crippen LogP contribution in [0.4, 0.5) is 4.79 Å². The number of para-hydroxylation sites is 1. The highest BCUT2D eigenvalue weighted by molar-refractivity contribution is 6.08. The lowest BCUT2D eigenvalue weighted by atomic mass is 9.76. The summed E-state index contributed by atoms with van der Waals surface area (Å²) in [5, 5.41) is 4.01. The molecule has 0 radical (unpaired) electrons. The SMILES string of the molecule is O=C1N[C@@]2(CCCc3ccccc32)C(=O)N1Cc1cccc2cccnc12. The predicted molar refractivity (Wildman–Crippen MR) is 102 cm³/mol. The molecule has 134 valence electrons. The molecule has 0 unspecified atom stereocenters. The van der Waals surface area contributed by atoms with Crippen LogP contribution in [-0.4, -0.2) is 21.8 Å². The Morgan fingerprint density at radius 1 is 1.04 bits per heavy atom. The van der Waals surface area contributed by atoms with Gasteiger partial charge in [0.25, 0.3) is 5.91 Å². The fourth-order valence-electron chi connectivity index (χ4n) is 4.42. The molecule has 1 saturated heterocycles. The number of imide groups is 1. The summed E-state index contributed by atoms with van der Waals surface area (Å²) < 4.78 is 0. The standard InChI is InChI=1S/C22H19N3O2/c26-20-22(12-4-9-15-6-1-2-11-18(15)22)24-21(27)25(20)14-17-8-3-7-16-10-5-13-23-19(16)17/h1-3,5-8,10-11,13H,4,9,12,14H2,(H,24,27)/t22-/m1/s1. The van der Waals surface area contributed by atoms with Crippen molar-refractivity contribution in [1.82, 2.24) is 15.2 Å². The van der Waals surface area contributed by atoms with Crippen LogP contribution >= 0.6 is 0 Å². The van der Waals surface area contributed by atoms with Gasteiger partial charge in [0.1, 0.15) is 5.54 Å². The van der Waals surface area contributed by atoms with Crippen molar-refractivity contribution in [2.75, 3.05) is 0 Å². The first-order valence-electron chi connectivity index (χ1n) is 9.24. The van der Waals surface area contributed by atoms with Gasteiger partial charge in [-0.1, -0.05) is 48.5 Å². The molecule has 2 heterocycles. The van der Waals surface area contributed by atoms with Crippen LogP contribution in [0, 0.1) is 0 Å². The Kier molecular flexibility index (Phi) is 3.50. The number of nitrogens with zero attached hydrogens (tertiary/aromatic N) is 2. The van der Waals surface area contributed by atoms with Crippen LogP contribution in [-0.2, 0) is 23.3 Å². The van der Waals surface area contributed by atoms with E-state index in [4.69, 9.17) is 0 Å². The number of aryl methyl sites for hydroxylation is 1. The predicted octanol–water partition coefficient (Wildman–Crippen LogP) is 3.52. The highest BCUT2D eigenvalue weighted by Gasteiger charge is 2.53. The zero-order valence-corrected chi connectivity index (χ0v) is 14.8. The number of carbonyl (C=O) groups excluding carboxylic acids is 2. The van der Waals surface area contributed by atoms with E-state index in [1.54, 1.807) is 6.20 Å². The zero-order valence-electron chi connectivity index (χ0n) is 14.8. The summed E-state index contributed by atoms with van der Waals surface area (Å²) >= 11 is 0. The summed E-state index contributed by atoms with van der Waals surface area (Å²) in [6.45, 7) is 0.225. The average Bonchev–Trinajstić information content (AvgIpc) is 2.93. The van der Waals surface area contributed by atoms with Crippen molar-refractivity contribution >= 4 is 22.8 Å². The topological polar surface area (TPSA) is 62.3 Å². The third-order valence-corrected chi connectivity index (χ3v) is 5.70. The number of benzene rings is 2. The quantitative estimate of drug-likeness (QED) is 0.714. The number of pyridine rings is 1. The van der Waals surface area contributed by atoms with Crippen LogP contribution in [0.1, 0.15) is 29.5 Å². The fourth-order valence-corrected chi connectivity index (χ4v) is 4.42. The zero-order chi connectivity index (χ0) is 18.4. The van der Waals surface area contributed by atoms with Crippen LogP contribution in [0.5, 0.6) is 0 Å². The summed E-state index contributed by atoms with van der Waals surface area (Å²) in [5.74, 6) is -0.160. The van der Waals surface area contributed by atoms with E-state index in [-0.39, 0.29) is 18.5 Å². The Bertz CT molecular complexity index is 1070. The summed E-state index contributed by atoms with van der Waals surface area (Å²) in [7, 11) is 0. The number of aromatic nitrogens is 1. The number of urea groups is 1. The van der Waals surface area contributed by atoms with Gasteiger partial charge in [0.15, 0.2) is 0 Å². The Labute approximate surface area is 157 Å². The van der Waals surface area contributed by atoms with E-state index in [0.29, 0.717) is 6.42 Å². The molecule has 5 nitrogen and oxygen atoms in total. The molecule has 3 aromatic rings. The molecule has 0 saturated carbocycles. The summed E-state index contributed by atoms with van der Waals surface area (Å²) in [4.78, 5) is 32.0. The average molecular weight is 357 g/mol. The number of hydrogen-bond acceptors (Lipinski definition) is 3. The monoisotopic (exact) mass is 357 g/mol. The van der Waals surface area contributed by atoms with Crippen LogP contribution in [0.25, 0.3) is 10.9 Å². The molecular formula is C22H19N3O2. The molecular weight excluding hydrogens is 338 g/mol. The van der Waals surface area contributed by atoms with Gasteiger partial charge in [0, 0.05) is 11.6 Å². The maximum atomic E-state index is 13.4. The Morgan fingerprint density at radius 3 is 2.81 bits per heavy atom. The molecule has 2 aliphatic rings. The van der Waals surface area contributed by atoms with Crippen molar-refractivity contribution in [2.45, 2.75) is 31.3 Å². The molecule has 27 heavy (non-hydrogen) atoms. The first kappa shape index (κ1) is 16.0. The van der Waals surface area contributed by atoms with Gasteiger partial charge in [0.05, 0.1) is 12.1 Å². The molecule has 2 aromatic carbocycles. The highest BCUT2D eigenvalue weighted by Crippen LogP contribution is 2.40. The Morgan fingerprint density at radius 2 is 1.89 bits per heavy atom. The molecule has 1 N–H and O–H groups in total. The van der Waals surface area contributed by atoms with Crippen molar-refractivity contribution in [1.29, 1.82) is 0 Å². The normalized spacial score (nSPS) is 21.6. The Hall–Kier alpha value is -3.21. The van der Waals surface area contributed by atoms with E-state index in [1.165, 1.54) is 4.90 Å². The van der Waals surface area contributed by atoms with E-state index >= 15 is 0 Å². The van der Waals surface area contributed by atoms with E-state index in [1.807, 2.05) is 54.6 Å². The van der Waals surface area contributed by atoms with Gasteiger partial charge in [-0.15, -0.1) is 0 Å². The van der Waals surface area contributed by atoms with Gasteiger partial charge < -0.3 is 5.32 Å². The van der Waals surface area contributed by atoms with Gasteiger partial charge in [-0.3, -0.25) is 14.7 Å². The van der Waals surface area contributed by atoms with E-state index < -0.39 is 5.54 Å². The molecule has 1 aliphatic heterocycles. The van der Waals surface area contributed by atoms with Gasteiger partial charge in [-0.25, -0.2) is 4.79 Å². The highest BCUT2D eigenvalue weighted by atomic mass is 16.2. The molecule has 1 atom stereocenters. The molecule has 0 bridgehead atoms. The summed E-state index contributed by atoms with van der Waals surface area (Å²) in [6, 6.07) is 17.3. The second kappa shape index (κ2) is 5.91. The minimum Gasteiger partial charge on any atom is -0.319 e. The van der Waals surface area contributed by atoms with Crippen molar-refractivity contribution in [3.8, 4) is 0 Å². The second-order valence-electron chi connectivity index (χ2n) is 7.23. The smallest absolute Gasteiger partial charge is 0.319 e. The number of amides is 3. The maximum Gasteiger partial charge on any atom is 0.325 e. The van der Waals surface area contributed by atoms with Gasteiger partial charge in [-0.2, -0.15) is 0 Å². The third-order valence-electron chi connectivity index (χ3n) is 5.70. The lowest BCUT2D eigenvalue weighted by molar-refractivity contribution is -0.132. The maximum absolute atomic E-state index is 13.4. The first-order valence-corrected chi connectivity index (χ1v) is 9.24. The minimum atomic E-state index is -0.927. The van der Waals surface area contributed by atoms with E-state index in [9.17, 15) is 9.59 Å².